The molecule has 1 aromatic heterocycles. The molecular formula is C36H27BrClIN2O4S2. The zero-order valence-corrected chi connectivity index (χ0v) is 31.3. The van der Waals surface area contributed by atoms with Crippen molar-refractivity contribution in [2.45, 2.75) is 24.5 Å². The molecule has 2 heterocycles. The maximum Gasteiger partial charge on any atom is 0.338 e. The van der Waals surface area contributed by atoms with Crippen LogP contribution < -0.4 is 19.6 Å². The highest BCUT2D eigenvalue weighted by molar-refractivity contribution is 14.1. The van der Waals surface area contributed by atoms with E-state index in [9.17, 15) is 9.59 Å². The Kier molecular flexibility index (Phi) is 10.7. The first kappa shape index (κ1) is 33.7. The Hall–Kier alpha value is -3.16. The number of thiazole rings is 1. The zero-order chi connectivity index (χ0) is 33.1. The van der Waals surface area contributed by atoms with Crippen molar-refractivity contribution >= 4 is 91.0 Å². The minimum absolute atomic E-state index is 0.188. The van der Waals surface area contributed by atoms with Crippen LogP contribution in [0.1, 0.15) is 35.2 Å². The molecule has 1 atom stereocenters. The van der Waals surface area contributed by atoms with Gasteiger partial charge in [-0.15, -0.1) is 11.8 Å². The van der Waals surface area contributed by atoms with Crippen LogP contribution in [0.5, 0.6) is 5.75 Å². The summed E-state index contributed by atoms with van der Waals surface area (Å²) < 4.78 is 15.7. The van der Waals surface area contributed by atoms with Gasteiger partial charge in [0.2, 0.25) is 0 Å². The monoisotopic (exact) mass is 856 g/mol. The Morgan fingerprint density at radius 2 is 1.81 bits per heavy atom. The van der Waals surface area contributed by atoms with Crippen molar-refractivity contribution in [1.29, 1.82) is 0 Å². The number of esters is 1. The van der Waals surface area contributed by atoms with Crippen LogP contribution in [0, 0.1) is 3.57 Å². The summed E-state index contributed by atoms with van der Waals surface area (Å²) in [5.74, 6) is 0.138. The van der Waals surface area contributed by atoms with Crippen LogP contribution >= 0.6 is 73.2 Å². The summed E-state index contributed by atoms with van der Waals surface area (Å²) in [4.78, 5) is 34.7. The molecule has 1 aliphatic rings. The standard InChI is InChI=1S/C36H27BrClIN2O4S2/c1-3-44-35(43)30-31(22-7-5-4-6-8-22)40-36-41(32(30)23-11-15-27(46-2)16-12-23)34(42)29(47-36)18-24-17-25(37)19-28(39)33(24)45-20-21-9-13-26(38)14-10-21/h4-19,32H,3,20H2,1-2H3/b29-18-/t32-/m1/s1. The van der Waals surface area contributed by atoms with Gasteiger partial charge in [0.15, 0.2) is 4.80 Å². The molecule has 0 saturated carbocycles. The third-order valence-electron chi connectivity index (χ3n) is 7.43. The second-order valence-corrected chi connectivity index (χ2v) is 14.8. The number of hydrogen-bond donors (Lipinski definition) is 0. The molecule has 0 unspecified atom stereocenters. The Labute approximate surface area is 307 Å². The zero-order valence-electron chi connectivity index (χ0n) is 25.2. The lowest BCUT2D eigenvalue weighted by Crippen LogP contribution is -2.40. The van der Waals surface area contributed by atoms with E-state index in [4.69, 9.17) is 26.1 Å². The van der Waals surface area contributed by atoms with Crippen LogP contribution in [0.2, 0.25) is 5.02 Å². The number of ether oxygens (including phenoxy) is 2. The molecule has 5 aromatic rings. The summed E-state index contributed by atoms with van der Waals surface area (Å²) in [6.45, 7) is 2.28. The van der Waals surface area contributed by atoms with Gasteiger partial charge in [-0.3, -0.25) is 9.36 Å². The predicted molar refractivity (Wildman–Crippen MR) is 202 cm³/mol. The Morgan fingerprint density at radius 1 is 1.09 bits per heavy atom. The Morgan fingerprint density at radius 3 is 2.49 bits per heavy atom. The van der Waals surface area contributed by atoms with E-state index in [1.165, 1.54) is 11.3 Å². The SMILES string of the molecule is CCOC(=O)C1=C(c2ccccc2)N=c2s/c(=C\c3cc(Br)cc(I)c3OCc3ccc(Cl)cc3)c(=O)n2[C@@H]1c1ccc(SC)cc1. The molecule has 47 heavy (non-hydrogen) atoms. The molecule has 0 spiro atoms. The molecular weight excluding hydrogens is 831 g/mol. The summed E-state index contributed by atoms with van der Waals surface area (Å²) >= 11 is 14.8. The third-order valence-corrected chi connectivity index (χ3v) is 10.7. The van der Waals surface area contributed by atoms with Crippen molar-refractivity contribution in [1.82, 2.24) is 4.57 Å². The fraction of sp³-hybridized carbons (Fsp3) is 0.139. The number of benzene rings is 4. The lowest BCUT2D eigenvalue weighted by molar-refractivity contribution is -0.138. The summed E-state index contributed by atoms with van der Waals surface area (Å²) in [5, 5.41) is 0.656. The van der Waals surface area contributed by atoms with Gasteiger partial charge in [-0.1, -0.05) is 93.5 Å². The van der Waals surface area contributed by atoms with E-state index in [1.54, 1.807) is 23.3 Å². The summed E-state index contributed by atoms with van der Waals surface area (Å²) in [6, 6.07) is 28.1. The normalized spacial score (nSPS) is 14.5. The van der Waals surface area contributed by atoms with Crippen LogP contribution in [0.25, 0.3) is 11.8 Å². The van der Waals surface area contributed by atoms with Crippen molar-refractivity contribution < 1.29 is 14.3 Å². The smallest absolute Gasteiger partial charge is 0.338 e. The number of thioether (sulfide) groups is 1. The molecule has 238 valence electrons. The Bertz CT molecular complexity index is 2170. The van der Waals surface area contributed by atoms with Gasteiger partial charge in [0.05, 0.1) is 32.0 Å². The highest BCUT2D eigenvalue weighted by Gasteiger charge is 2.35. The van der Waals surface area contributed by atoms with E-state index in [0.29, 0.717) is 38.0 Å². The van der Waals surface area contributed by atoms with Crippen molar-refractivity contribution in [2.24, 2.45) is 4.99 Å². The summed E-state index contributed by atoms with van der Waals surface area (Å²) in [5.41, 5.74) is 3.78. The van der Waals surface area contributed by atoms with Gasteiger partial charge < -0.3 is 9.47 Å². The fourth-order valence-corrected chi connectivity index (χ4v) is 8.49. The molecule has 0 saturated heterocycles. The first-order chi connectivity index (χ1) is 22.8. The van der Waals surface area contributed by atoms with Crippen molar-refractivity contribution in [3.63, 3.8) is 0 Å². The molecule has 0 radical (unpaired) electrons. The first-order valence-electron chi connectivity index (χ1n) is 14.6. The highest BCUT2D eigenvalue weighted by Crippen LogP contribution is 2.36. The molecule has 0 N–H and O–H groups in total. The lowest BCUT2D eigenvalue weighted by Gasteiger charge is -2.26. The average Bonchev–Trinajstić information content (AvgIpc) is 3.38. The second-order valence-electron chi connectivity index (χ2n) is 10.4. The van der Waals surface area contributed by atoms with Gasteiger partial charge in [0.1, 0.15) is 12.4 Å². The van der Waals surface area contributed by atoms with E-state index < -0.39 is 12.0 Å². The molecule has 11 heteroatoms. The quantitative estimate of drug-likeness (QED) is 0.0849. The molecule has 4 aromatic carbocycles. The van der Waals surface area contributed by atoms with Gasteiger partial charge in [-0.2, -0.15) is 0 Å². The molecule has 1 aliphatic heterocycles. The van der Waals surface area contributed by atoms with Gasteiger partial charge >= 0.3 is 5.97 Å². The minimum atomic E-state index is -0.748. The van der Waals surface area contributed by atoms with Gasteiger partial charge in [-0.05, 0) is 89.4 Å². The van der Waals surface area contributed by atoms with E-state index in [0.717, 1.165) is 35.2 Å². The minimum Gasteiger partial charge on any atom is -0.487 e. The number of aromatic nitrogens is 1. The van der Waals surface area contributed by atoms with Gasteiger partial charge in [0, 0.05) is 25.5 Å². The number of rotatable bonds is 9. The molecule has 6 rings (SSSR count). The number of carbonyl (C=O) groups excluding carboxylic acids is 1. The first-order valence-corrected chi connectivity index (χ1v) is 18.8. The van der Waals surface area contributed by atoms with E-state index in [-0.39, 0.29) is 12.2 Å². The number of nitrogens with zero attached hydrogens (tertiary/aromatic N) is 2. The number of hydrogen-bond acceptors (Lipinski definition) is 7. The fourth-order valence-electron chi connectivity index (χ4n) is 5.26. The molecule has 6 nitrogen and oxygen atoms in total. The number of fused-ring (bicyclic) bond motifs is 1. The van der Waals surface area contributed by atoms with Crippen LogP contribution in [0.3, 0.4) is 0 Å². The van der Waals surface area contributed by atoms with Crippen molar-refractivity contribution in [2.75, 3.05) is 12.9 Å². The van der Waals surface area contributed by atoms with E-state index in [1.807, 2.05) is 103 Å². The van der Waals surface area contributed by atoms with Crippen LogP contribution in [-0.4, -0.2) is 23.4 Å². The number of carbonyl (C=O) groups is 1. The van der Waals surface area contributed by atoms with Crippen LogP contribution in [0.4, 0.5) is 0 Å². The maximum atomic E-state index is 14.4. The molecule has 0 aliphatic carbocycles. The summed E-state index contributed by atoms with van der Waals surface area (Å²) in [6.07, 6.45) is 3.84. The molecule has 0 amide bonds. The van der Waals surface area contributed by atoms with E-state index >= 15 is 0 Å². The van der Waals surface area contributed by atoms with Crippen LogP contribution in [0.15, 0.2) is 116 Å². The predicted octanol–water partition coefficient (Wildman–Crippen LogP) is 8.26. The van der Waals surface area contributed by atoms with Crippen molar-refractivity contribution in [3.05, 3.63) is 152 Å². The molecule has 0 bridgehead atoms. The van der Waals surface area contributed by atoms with Crippen LogP contribution in [-0.2, 0) is 16.1 Å². The topological polar surface area (TPSA) is 69.9 Å². The summed E-state index contributed by atoms with van der Waals surface area (Å²) in [7, 11) is 0. The number of halogens is 3. The van der Waals surface area contributed by atoms with Gasteiger partial charge in [-0.25, -0.2) is 9.79 Å². The maximum absolute atomic E-state index is 14.4. The highest BCUT2D eigenvalue weighted by atomic mass is 127. The van der Waals surface area contributed by atoms with Gasteiger partial charge in [0.25, 0.3) is 5.56 Å². The molecule has 0 fully saturated rings. The third kappa shape index (κ3) is 7.31. The average molecular weight is 858 g/mol. The lowest BCUT2D eigenvalue weighted by atomic mass is 9.93. The van der Waals surface area contributed by atoms with Crippen molar-refractivity contribution in [3.8, 4) is 5.75 Å². The van der Waals surface area contributed by atoms with E-state index in [2.05, 4.69) is 38.5 Å². The second kappa shape index (κ2) is 14.9. The Balaban J connectivity index is 1.55. The largest absolute Gasteiger partial charge is 0.487 e.